The average molecular weight is 286 g/mol. The second-order valence-electron chi connectivity index (χ2n) is 4.50. The highest BCUT2D eigenvalue weighted by Crippen LogP contribution is 2.11. The molecule has 0 unspecified atom stereocenters. The van der Waals surface area contributed by atoms with Crippen molar-refractivity contribution in [1.29, 1.82) is 0 Å². The van der Waals surface area contributed by atoms with Crippen molar-refractivity contribution in [2.24, 2.45) is 0 Å². The number of carboxylic acids is 1. The lowest BCUT2D eigenvalue weighted by Crippen LogP contribution is -1.96. The molecule has 0 saturated heterocycles. The highest BCUT2D eigenvalue weighted by Gasteiger charge is 2.01. The van der Waals surface area contributed by atoms with Crippen LogP contribution in [0.15, 0.2) is 54.6 Å². The molecule has 0 aliphatic carbocycles. The summed E-state index contributed by atoms with van der Waals surface area (Å²) in [6.45, 7) is 0.588. The molecule has 0 aliphatic heterocycles. The molecule has 1 N–H and O–H groups in total. The summed E-state index contributed by atoms with van der Waals surface area (Å²) in [5.41, 5.74) is 2.27. The molecule has 0 radical (unpaired) electrons. The molecule has 21 heavy (non-hydrogen) atoms. The summed E-state index contributed by atoms with van der Waals surface area (Å²) in [6, 6.07) is 13.8. The van der Waals surface area contributed by atoms with Crippen LogP contribution in [0.4, 0.5) is 4.39 Å². The number of ether oxygens (including phenoxy) is 1. The second kappa shape index (κ2) is 7.36. The highest BCUT2D eigenvalue weighted by molar-refractivity contribution is 5.85. The third-order valence-electron chi connectivity index (χ3n) is 2.88. The van der Waals surface area contributed by atoms with Gasteiger partial charge in [-0.25, -0.2) is 9.18 Å². The standard InChI is InChI=1S/C17H15FO3/c18-16-4-2-1-3-15(16)12-21-11-14-7-5-13(6-8-14)9-10-17(19)20/h1-10H,11-12H2,(H,19,20). The number of carbonyl (C=O) groups is 1. The van der Waals surface area contributed by atoms with E-state index in [1.807, 2.05) is 12.1 Å². The van der Waals surface area contributed by atoms with Crippen LogP contribution in [0, 0.1) is 5.82 Å². The molecule has 0 bridgehead atoms. The minimum atomic E-state index is -0.979. The van der Waals surface area contributed by atoms with Crippen molar-refractivity contribution >= 4 is 12.0 Å². The summed E-state index contributed by atoms with van der Waals surface area (Å²) in [4.78, 5) is 10.4. The van der Waals surface area contributed by atoms with Crippen LogP contribution < -0.4 is 0 Å². The molecule has 0 atom stereocenters. The fraction of sp³-hybridized carbons (Fsp3) is 0.118. The van der Waals surface area contributed by atoms with Gasteiger partial charge < -0.3 is 9.84 Å². The van der Waals surface area contributed by atoms with Gasteiger partial charge in [-0.15, -0.1) is 0 Å². The maximum Gasteiger partial charge on any atom is 0.328 e. The molecule has 3 nitrogen and oxygen atoms in total. The first-order chi connectivity index (χ1) is 10.1. The summed E-state index contributed by atoms with van der Waals surface area (Å²) >= 11 is 0. The number of hydrogen-bond donors (Lipinski definition) is 1. The number of rotatable bonds is 6. The van der Waals surface area contributed by atoms with Gasteiger partial charge in [0.25, 0.3) is 0 Å². The molecule has 4 heteroatoms. The first-order valence-electron chi connectivity index (χ1n) is 6.46. The maximum atomic E-state index is 13.4. The zero-order valence-corrected chi connectivity index (χ0v) is 11.3. The fourth-order valence-corrected chi connectivity index (χ4v) is 1.79. The number of benzene rings is 2. The average Bonchev–Trinajstić information content (AvgIpc) is 2.48. The Morgan fingerprint density at radius 3 is 2.48 bits per heavy atom. The van der Waals surface area contributed by atoms with E-state index >= 15 is 0 Å². The van der Waals surface area contributed by atoms with Gasteiger partial charge >= 0.3 is 5.97 Å². The Labute approximate surface area is 122 Å². The van der Waals surface area contributed by atoms with Crippen LogP contribution in [0.2, 0.25) is 0 Å². The predicted molar refractivity (Wildman–Crippen MR) is 78.0 cm³/mol. The maximum absolute atomic E-state index is 13.4. The van der Waals surface area contributed by atoms with Crippen LogP contribution in [-0.4, -0.2) is 11.1 Å². The molecule has 0 saturated carbocycles. The Hall–Kier alpha value is -2.46. The zero-order valence-electron chi connectivity index (χ0n) is 11.3. The molecule has 0 aliphatic rings. The van der Waals surface area contributed by atoms with Gasteiger partial charge in [0.1, 0.15) is 5.82 Å². The first kappa shape index (κ1) is 14.9. The largest absolute Gasteiger partial charge is 0.478 e. The summed E-state index contributed by atoms with van der Waals surface area (Å²) in [5, 5.41) is 8.54. The van der Waals surface area contributed by atoms with E-state index < -0.39 is 5.97 Å². The Kier molecular flexibility index (Phi) is 5.23. The Balaban J connectivity index is 1.87. The van der Waals surface area contributed by atoms with Gasteiger partial charge in [-0.1, -0.05) is 42.5 Å². The van der Waals surface area contributed by atoms with E-state index in [1.165, 1.54) is 12.1 Å². The quantitative estimate of drug-likeness (QED) is 0.825. The Morgan fingerprint density at radius 1 is 1.10 bits per heavy atom. The molecular formula is C17H15FO3. The molecule has 0 heterocycles. The predicted octanol–water partition coefficient (Wildman–Crippen LogP) is 3.64. The van der Waals surface area contributed by atoms with Crippen LogP contribution in [-0.2, 0) is 22.7 Å². The van der Waals surface area contributed by atoms with Crippen molar-refractivity contribution in [2.75, 3.05) is 0 Å². The van der Waals surface area contributed by atoms with Gasteiger partial charge in [-0.2, -0.15) is 0 Å². The van der Waals surface area contributed by atoms with Crippen molar-refractivity contribution in [3.8, 4) is 0 Å². The van der Waals surface area contributed by atoms with Crippen LogP contribution in [0.5, 0.6) is 0 Å². The van der Waals surface area contributed by atoms with Crippen molar-refractivity contribution in [2.45, 2.75) is 13.2 Å². The normalized spacial score (nSPS) is 10.9. The molecular weight excluding hydrogens is 271 g/mol. The van der Waals surface area contributed by atoms with E-state index in [9.17, 15) is 9.18 Å². The minimum absolute atomic E-state index is 0.216. The van der Waals surface area contributed by atoms with Crippen molar-refractivity contribution in [1.82, 2.24) is 0 Å². The van der Waals surface area contributed by atoms with Crippen LogP contribution in [0.25, 0.3) is 6.08 Å². The van der Waals surface area contributed by atoms with E-state index in [-0.39, 0.29) is 12.4 Å². The third-order valence-corrected chi connectivity index (χ3v) is 2.88. The smallest absolute Gasteiger partial charge is 0.328 e. The molecule has 2 rings (SSSR count). The minimum Gasteiger partial charge on any atom is -0.478 e. The summed E-state index contributed by atoms with van der Waals surface area (Å²) < 4.78 is 18.9. The SMILES string of the molecule is O=C(O)C=Cc1ccc(COCc2ccccc2F)cc1. The molecule has 2 aromatic rings. The zero-order chi connectivity index (χ0) is 15.1. The van der Waals surface area contributed by atoms with Crippen molar-refractivity contribution in [3.63, 3.8) is 0 Å². The van der Waals surface area contributed by atoms with Crippen molar-refractivity contribution in [3.05, 3.63) is 77.1 Å². The third kappa shape index (κ3) is 4.85. The van der Waals surface area contributed by atoms with Gasteiger partial charge in [0.15, 0.2) is 0 Å². The summed E-state index contributed by atoms with van der Waals surface area (Å²) in [7, 11) is 0. The number of carboxylic acid groups (broad SMARTS) is 1. The van der Waals surface area contributed by atoms with Crippen LogP contribution in [0.3, 0.4) is 0 Å². The topological polar surface area (TPSA) is 46.5 Å². The molecule has 0 spiro atoms. The first-order valence-corrected chi connectivity index (χ1v) is 6.46. The highest BCUT2D eigenvalue weighted by atomic mass is 19.1. The lowest BCUT2D eigenvalue weighted by Gasteiger charge is -2.06. The number of aliphatic carboxylic acids is 1. The number of halogens is 1. The molecule has 108 valence electrons. The van der Waals surface area contributed by atoms with E-state index in [4.69, 9.17) is 9.84 Å². The summed E-state index contributed by atoms with van der Waals surface area (Å²) in [6.07, 6.45) is 2.61. The Morgan fingerprint density at radius 2 is 1.81 bits per heavy atom. The monoisotopic (exact) mass is 286 g/mol. The van der Waals surface area contributed by atoms with Crippen molar-refractivity contribution < 1.29 is 19.0 Å². The lowest BCUT2D eigenvalue weighted by atomic mass is 10.1. The van der Waals surface area contributed by atoms with E-state index in [0.717, 1.165) is 17.2 Å². The van der Waals surface area contributed by atoms with Gasteiger partial charge in [0, 0.05) is 11.6 Å². The van der Waals surface area contributed by atoms with Gasteiger partial charge in [-0.3, -0.25) is 0 Å². The van der Waals surface area contributed by atoms with E-state index in [2.05, 4.69) is 0 Å². The van der Waals surface area contributed by atoms with Crippen LogP contribution in [0.1, 0.15) is 16.7 Å². The van der Waals surface area contributed by atoms with Gasteiger partial charge in [-0.05, 0) is 23.3 Å². The molecule has 0 amide bonds. The fourth-order valence-electron chi connectivity index (χ4n) is 1.79. The Bertz CT molecular complexity index is 633. The van der Waals surface area contributed by atoms with Gasteiger partial charge in [0.05, 0.1) is 13.2 Å². The molecule has 0 fully saturated rings. The lowest BCUT2D eigenvalue weighted by molar-refractivity contribution is -0.131. The summed E-state index contributed by atoms with van der Waals surface area (Å²) in [5.74, 6) is -1.25. The second-order valence-corrected chi connectivity index (χ2v) is 4.50. The number of hydrogen-bond acceptors (Lipinski definition) is 2. The van der Waals surface area contributed by atoms with Gasteiger partial charge in [0.2, 0.25) is 0 Å². The molecule has 0 aromatic heterocycles. The van der Waals surface area contributed by atoms with Crippen LogP contribution >= 0.6 is 0 Å². The molecule has 2 aromatic carbocycles. The van der Waals surface area contributed by atoms with E-state index in [1.54, 1.807) is 30.3 Å². The van der Waals surface area contributed by atoms with E-state index in [0.29, 0.717) is 12.2 Å².